The lowest BCUT2D eigenvalue weighted by molar-refractivity contribution is -0.117. The lowest BCUT2D eigenvalue weighted by atomic mass is 10.1. The first-order valence-corrected chi connectivity index (χ1v) is 6.84. The van der Waals surface area contributed by atoms with Crippen LogP contribution in [0.4, 0.5) is 5.69 Å². The maximum atomic E-state index is 12.0. The number of anilines is 1. The van der Waals surface area contributed by atoms with Crippen molar-refractivity contribution >= 4 is 24.0 Å². The van der Waals surface area contributed by atoms with Crippen LogP contribution < -0.4 is 10.6 Å². The molecule has 0 aromatic heterocycles. The first kappa shape index (κ1) is 17.0. The van der Waals surface area contributed by atoms with Crippen molar-refractivity contribution in [3.8, 4) is 0 Å². The van der Waals surface area contributed by atoms with Gasteiger partial charge in [-0.1, -0.05) is 6.07 Å². The summed E-state index contributed by atoms with van der Waals surface area (Å²) >= 11 is 0. The van der Waals surface area contributed by atoms with Gasteiger partial charge in [-0.15, -0.1) is 12.4 Å². The second-order valence-electron chi connectivity index (χ2n) is 5.41. The third-order valence-electron chi connectivity index (χ3n) is 3.84. The van der Waals surface area contributed by atoms with Gasteiger partial charge in [0.25, 0.3) is 0 Å². The van der Waals surface area contributed by atoms with Gasteiger partial charge in [0.1, 0.15) is 0 Å². The third-order valence-corrected chi connectivity index (χ3v) is 3.84. The van der Waals surface area contributed by atoms with E-state index >= 15 is 0 Å². The molecular formula is C15H24ClN3O. The minimum absolute atomic E-state index is 0. The predicted octanol–water partition coefficient (Wildman–Crippen LogP) is 1.96. The van der Waals surface area contributed by atoms with Crippen molar-refractivity contribution in [1.29, 1.82) is 0 Å². The summed E-state index contributed by atoms with van der Waals surface area (Å²) in [5, 5.41) is 6.28. The molecule has 0 aliphatic carbocycles. The molecule has 1 aliphatic heterocycles. The van der Waals surface area contributed by atoms with Crippen LogP contribution in [0.15, 0.2) is 18.2 Å². The highest BCUT2D eigenvalue weighted by Gasteiger charge is 2.20. The van der Waals surface area contributed by atoms with Gasteiger partial charge in [0, 0.05) is 18.3 Å². The Labute approximate surface area is 127 Å². The number of amides is 1. The zero-order chi connectivity index (χ0) is 13.8. The Morgan fingerprint density at radius 3 is 2.75 bits per heavy atom. The smallest absolute Gasteiger partial charge is 0.238 e. The summed E-state index contributed by atoms with van der Waals surface area (Å²) in [6.07, 6.45) is 1.12. The number of benzene rings is 1. The van der Waals surface area contributed by atoms with Crippen LogP contribution in [0.5, 0.6) is 0 Å². The molecule has 1 unspecified atom stereocenters. The Balaban J connectivity index is 0.00000200. The molecule has 0 spiro atoms. The van der Waals surface area contributed by atoms with Crippen LogP contribution in [0.2, 0.25) is 0 Å². The average molecular weight is 298 g/mol. The number of hydrogen-bond donors (Lipinski definition) is 2. The van der Waals surface area contributed by atoms with Crippen LogP contribution in [0.3, 0.4) is 0 Å². The first-order chi connectivity index (χ1) is 9.06. The lowest BCUT2D eigenvalue weighted by Crippen LogP contribution is -2.39. The Hall–Kier alpha value is -1.10. The topological polar surface area (TPSA) is 44.4 Å². The lowest BCUT2D eigenvalue weighted by Gasteiger charge is -2.22. The summed E-state index contributed by atoms with van der Waals surface area (Å²) in [4.78, 5) is 14.1. The van der Waals surface area contributed by atoms with Gasteiger partial charge in [-0.05, 0) is 57.1 Å². The van der Waals surface area contributed by atoms with Gasteiger partial charge in [0.05, 0.1) is 6.54 Å². The highest BCUT2D eigenvalue weighted by molar-refractivity contribution is 5.92. The fraction of sp³-hybridized carbons (Fsp3) is 0.533. The number of hydrogen-bond acceptors (Lipinski definition) is 3. The maximum absolute atomic E-state index is 12.0. The summed E-state index contributed by atoms with van der Waals surface area (Å²) in [7, 11) is 2.01. The summed E-state index contributed by atoms with van der Waals surface area (Å²) < 4.78 is 0. The van der Waals surface area contributed by atoms with Crippen LogP contribution >= 0.6 is 12.4 Å². The second-order valence-corrected chi connectivity index (χ2v) is 5.41. The van der Waals surface area contributed by atoms with Crippen LogP contribution in [0.1, 0.15) is 17.5 Å². The molecule has 0 radical (unpaired) electrons. The molecule has 1 fully saturated rings. The second kappa shape index (κ2) is 7.62. The van der Waals surface area contributed by atoms with Crippen molar-refractivity contribution in [2.24, 2.45) is 0 Å². The van der Waals surface area contributed by atoms with E-state index in [2.05, 4.69) is 29.4 Å². The Kier molecular flexibility index (Phi) is 6.46. The van der Waals surface area contributed by atoms with Gasteiger partial charge in [0.2, 0.25) is 5.91 Å². The molecule has 1 aliphatic rings. The molecule has 1 aromatic rings. The van der Waals surface area contributed by atoms with Gasteiger partial charge in [0.15, 0.2) is 0 Å². The van der Waals surface area contributed by atoms with E-state index in [0.29, 0.717) is 12.6 Å². The van der Waals surface area contributed by atoms with E-state index in [1.165, 1.54) is 11.1 Å². The zero-order valence-electron chi connectivity index (χ0n) is 12.4. The van der Waals surface area contributed by atoms with Crippen molar-refractivity contribution in [3.63, 3.8) is 0 Å². The van der Waals surface area contributed by atoms with Crippen molar-refractivity contribution in [2.75, 3.05) is 32.0 Å². The number of aryl methyl sites for hydroxylation is 2. The summed E-state index contributed by atoms with van der Waals surface area (Å²) in [5.74, 6) is 0.0534. The van der Waals surface area contributed by atoms with Gasteiger partial charge in [-0.2, -0.15) is 0 Å². The van der Waals surface area contributed by atoms with Gasteiger partial charge in [-0.3, -0.25) is 9.69 Å². The molecule has 2 N–H and O–H groups in total. The minimum Gasteiger partial charge on any atom is -0.325 e. The fourth-order valence-corrected chi connectivity index (χ4v) is 2.39. The fourth-order valence-electron chi connectivity index (χ4n) is 2.39. The van der Waals surface area contributed by atoms with Crippen molar-refractivity contribution < 1.29 is 4.79 Å². The van der Waals surface area contributed by atoms with Crippen molar-refractivity contribution in [2.45, 2.75) is 26.3 Å². The summed E-state index contributed by atoms with van der Waals surface area (Å²) in [6.45, 7) is 6.60. The van der Waals surface area contributed by atoms with E-state index in [-0.39, 0.29) is 18.3 Å². The van der Waals surface area contributed by atoms with Crippen molar-refractivity contribution in [1.82, 2.24) is 10.2 Å². The maximum Gasteiger partial charge on any atom is 0.238 e. The molecule has 1 amide bonds. The molecule has 20 heavy (non-hydrogen) atoms. The van der Waals surface area contributed by atoms with Crippen LogP contribution in [0, 0.1) is 13.8 Å². The molecule has 4 nitrogen and oxygen atoms in total. The zero-order valence-corrected chi connectivity index (χ0v) is 13.2. The predicted molar refractivity (Wildman–Crippen MR) is 85.7 cm³/mol. The van der Waals surface area contributed by atoms with Crippen molar-refractivity contribution in [3.05, 3.63) is 29.3 Å². The molecular weight excluding hydrogens is 274 g/mol. The average Bonchev–Trinajstić information content (AvgIpc) is 2.87. The van der Waals surface area contributed by atoms with Crippen LogP contribution in [-0.2, 0) is 4.79 Å². The van der Waals surface area contributed by atoms with Crippen LogP contribution in [0.25, 0.3) is 0 Å². The molecule has 112 valence electrons. The number of likely N-dealkylation sites (N-methyl/N-ethyl adjacent to an activating group) is 1. The van der Waals surface area contributed by atoms with Crippen LogP contribution in [-0.4, -0.2) is 43.5 Å². The van der Waals surface area contributed by atoms with E-state index in [1.807, 2.05) is 25.2 Å². The number of halogens is 1. The van der Waals surface area contributed by atoms with E-state index in [4.69, 9.17) is 0 Å². The molecule has 2 rings (SSSR count). The standard InChI is InChI=1S/C15H23N3O.ClH/c1-11-4-5-13(8-12(11)2)17-15(19)10-18(3)14-6-7-16-9-14;/h4-5,8,14,16H,6-7,9-10H2,1-3H3,(H,17,19);1H. The summed E-state index contributed by atoms with van der Waals surface area (Å²) in [6, 6.07) is 6.49. The molecule has 5 heteroatoms. The number of rotatable bonds is 4. The molecule has 1 saturated heterocycles. The Bertz CT molecular complexity index is 458. The number of carbonyl (C=O) groups excluding carboxylic acids is 1. The Morgan fingerprint density at radius 1 is 1.40 bits per heavy atom. The number of carbonyl (C=O) groups is 1. The van der Waals surface area contributed by atoms with Gasteiger partial charge in [-0.25, -0.2) is 0 Å². The van der Waals surface area contributed by atoms with E-state index in [1.54, 1.807) is 0 Å². The molecule has 0 saturated carbocycles. The third kappa shape index (κ3) is 4.47. The molecule has 1 atom stereocenters. The molecule has 1 heterocycles. The minimum atomic E-state index is 0. The number of nitrogens with zero attached hydrogens (tertiary/aromatic N) is 1. The first-order valence-electron chi connectivity index (χ1n) is 6.84. The highest BCUT2D eigenvalue weighted by Crippen LogP contribution is 2.14. The van der Waals surface area contributed by atoms with E-state index < -0.39 is 0 Å². The molecule has 0 bridgehead atoms. The quantitative estimate of drug-likeness (QED) is 0.893. The van der Waals surface area contributed by atoms with E-state index in [0.717, 1.165) is 25.2 Å². The number of nitrogens with one attached hydrogen (secondary N) is 2. The summed E-state index contributed by atoms with van der Waals surface area (Å²) in [5.41, 5.74) is 3.32. The molecule has 1 aromatic carbocycles. The SMILES string of the molecule is Cc1ccc(NC(=O)CN(C)C2CCNC2)cc1C.Cl. The highest BCUT2D eigenvalue weighted by atomic mass is 35.5. The monoisotopic (exact) mass is 297 g/mol. The van der Waals surface area contributed by atoms with E-state index in [9.17, 15) is 4.79 Å². The van der Waals surface area contributed by atoms with Gasteiger partial charge < -0.3 is 10.6 Å². The Morgan fingerprint density at radius 2 is 2.15 bits per heavy atom. The van der Waals surface area contributed by atoms with Gasteiger partial charge >= 0.3 is 0 Å². The largest absolute Gasteiger partial charge is 0.325 e. The normalized spacial score (nSPS) is 17.9.